The number of ether oxygens (including phenoxy) is 1. The highest BCUT2D eigenvalue weighted by Crippen LogP contribution is 2.34. The van der Waals surface area contributed by atoms with Gasteiger partial charge in [-0.25, -0.2) is 4.99 Å². The first-order valence-corrected chi connectivity index (χ1v) is 14.5. The van der Waals surface area contributed by atoms with Crippen LogP contribution in [0.4, 0.5) is 5.69 Å². The van der Waals surface area contributed by atoms with E-state index in [-0.39, 0.29) is 5.56 Å². The molecule has 3 aliphatic rings. The molecule has 0 bridgehead atoms. The molecule has 1 aliphatic heterocycles. The Hall–Kier alpha value is -2.54. The molecule has 2 heterocycles. The molecule has 0 unspecified atom stereocenters. The molecule has 0 saturated heterocycles. The smallest absolute Gasteiger partial charge is 0.274 e. The fraction of sp³-hybridized carbons (Fsp3) is 0.621. The molecule has 2 aromatic rings. The summed E-state index contributed by atoms with van der Waals surface area (Å²) in [7, 11) is 0. The van der Waals surface area contributed by atoms with E-state index < -0.39 is 0 Å². The lowest BCUT2D eigenvalue weighted by Gasteiger charge is -2.42. The van der Waals surface area contributed by atoms with Crippen molar-refractivity contribution in [2.75, 3.05) is 6.61 Å². The highest BCUT2D eigenvalue weighted by Gasteiger charge is 2.31. The van der Waals surface area contributed by atoms with Crippen LogP contribution < -0.4 is 21.3 Å². The molecule has 2 aliphatic carbocycles. The van der Waals surface area contributed by atoms with Crippen molar-refractivity contribution in [1.29, 1.82) is 0 Å². The van der Waals surface area contributed by atoms with Gasteiger partial charge in [0.25, 0.3) is 5.56 Å². The van der Waals surface area contributed by atoms with Crippen LogP contribution in [0.5, 0.6) is 5.75 Å². The number of rotatable bonds is 9. The highest BCUT2D eigenvalue weighted by atomic mass is 35.5. The predicted molar refractivity (Wildman–Crippen MR) is 146 cm³/mol. The maximum atomic E-state index is 13.3. The minimum Gasteiger partial charge on any atom is -0.493 e. The molecule has 2 fully saturated rings. The Bertz CT molecular complexity index is 1250. The number of imidazole rings is 1. The minimum absolute atomic E-state index is 0.238. The fourth-order valence-electron chi connectivity index (χ4n) is 6.26. The summed E-state index contributed by atoms with van der Waals surface area (Å²) in [4.78, 5) is 34.8. The quantitative estimate of drug-likeness (QED) is 0.399. The second kappa shape index (κ2) is 11.9. The van der Waals surface area contributed by atoms with Crippen LogP contribution in [0.15, 0.2) is 21.9 Å². The number of aromatic nitrogens is 2. The average Bonchev–Trinajstić information content (AvgIpc) is 3.18. The number of amides is 1. The van der Waals surface area contributed by atoms with Crippen molar-refractivity contribution in [2.45, 2.75) is 109 Å². The maximum absolute atomic E-state index is 13.3. The van der Waals surface area contributed by atoms with E-state index in [0.717, 1.165) is 24.8 Å². The summed E-state index contributed by atoms with van der Waals surface area (Å²) in [5.41, 5.74) is 1.81. The molecule has 200 valence electrons. The van der Waals surface area contributed by atoms with Crippen molar-refractivity contribution in [2.24, 2.45) is 4.99 Å². The van der Waals surface area contributed by atoms with Gasteiger partial charge in [0.1, 0.15) is 11.1 Å². The summed E-state index contributed by atoms with van der Waals surface area (Å²) < 4.78 is 7.72. The first-order chi connectivity index (χ1) is 18.0. The second-order valence-corrected chi connectivity index (χ2v) is 11.3. The van der Waals surface area contributed by atoms with Crippen LogP contribution in [0.3, 0.4) is 0 Å². The number of carbonyl (C=O) groups excluding carboxylic acids is 1. The van der Waals surface area contributed by atoms with E-state index in [9.17, 15) is 9.59 Å². The van der Waals surface area contributed by atoms with Crippen LogP contribution in [-0.4, -0.2) is 39.0 Å². The Balaban J connectivity index is 1.11. The highest BCUT2D eigenvalue weighted by molar-refractivity contribution is 6.31. The monoisotopic (exact) mass is 526 g/mol. The van der Waals surface area contributed by atoms with Gasteiger partial charge in [0.15, 0.2) is 0 Å². The van der Waals surface area contributed by atoms with Gasteiger partial charge in [-0.2, -0.15) is 0 Å². The number of halogens is 1. The van der Waals surface area contributed by atoms with E-state index in [1.165, 1.54) is 64.2 Å². The van der Waals surface area contributed by atoms with Crippen LogP contribution in [0, 0.1) is 0 Å². The van der Waals surface area contributed by atoms with Gasteiger partial charge in [-0.1, -0.05) is 56.7 Å². The molecule has 0 atom stereocenters. The number of unbranched alkanes of at least 4 members (excludes halogenated alkanes) is 2. The number of carbonyl (C=O) groups is 1. The summed E-state index contributed by atoms with van der Waals surface area (Å²) in [6.45, 7) is 4.83. The molecule has 0 spiro atoms. The van der Waals surface area contributed by atoms with Crippen LogP contribution in [-0.2, 0) is 11.3 Å². The Morgan fingerprint density at radius 2 is 1.73 bits per heavy atom. The van der Waals surface area contributed by atoms with Crippen LogP contribution in [0.1, 0.15) is 95.5 Å². The van der Waals surface area contributed by atoms with E-state index >= 15 is 0 Å². The van der Waals surface area contributed by atoms with Gasteiger partial charge < -0.3 is 14.2 Å². The summed E-state index contributed by atoms with van der Waals surface area (Å²) in [5, 5.41) is 0.943. The van der Waals surface area contributed by atoms with Gasteiger partial charge in [0.05, 0.1) is 23.9 Å². The third-order valence-electron chi connectivity index (χ3n) is 8.28. The van der Waals surface area contributed by atoms with E-state index in [1.807, 2.05) is 12.1 Å². The maximum Gasteiger partial charge on any atom is 0.274 e. The van der Waals surface area contributed by atoms with E-state index in [0.29, 0.717) is 65.0 Å². The molecule has 37 heavy (non-hydrogen) atoms. The molecule has 5 rings (SSSR count). The predicted octanol–water partition coefficient (Wildman–Crippen LogP) is 4.99. The summed E-state index contributed by atoms with van der Waals surface area (Å²) in [5.74, 6) is 1.04. The van der Waals surface area contributed by atoms with E-state index in [2.05, 4.69) is 21.5 Å². The third kappa shape index (κ3) is 5.97. The second-order valence-electron chi connectivity index (χ2n) is 10.9. The van der Waals surface area contributed by atoms with Gasteiger partial charge in [-0.05, 0) is 51.0 Å². The molecular formula is C29H39ClN4O3. The molecule has 8 heteroatoms. The summed E-state index contributed by atoms with van der Waals surface area (Å²) in [6, 6.07) is 4.61. The van der Waals surface area contributed by atoms with Gasteiger partial charge in [0, 0.05) is 30.1 Å². The summed E-state index contributed by atoms with van der Waals surface area (Å²) >= 11 is 6.52. The van der Waals surface area contributed by atoms with Crippen molar-refractivity contribution in [1.82, 2.24) is 14.5 Å². The minimum atomic E-state index is -0.238. The van der Waals surface area contributed by atoms with Gasteiger partial charge in [0.2, 0.25) is 11.5 Å². The number of hydrogen-bond acceptors (Lipinski definition) is 4. The van der Waals surface area contributed by atoms with Crippen molar-refractivity contribution >= 4 is 29.8 Å². The number of benzene rings is 1. The van der Waals surface area contributed by atoms with Crippen LogP contribution in [0.25, 0.3) is 6.58 Å². The first kappa shape index (κ1) is 26.1. The Morgan fingerprint density at radius 3 is 2.41 bits per heavy atom. The fourth-order valence-corrected chi connectivity index (χ4v) is 6.52. The van der Waals surface area contributed by atoms with Gasteiger partial charge in [-0.3, -0.25) is 14.6 Å². The van der Waals surface area contributed by atoms with Gasteiger partial charge >= 0.3 is 0 Å². The third-order valence-corrected chi connectivity index (χ3v) is 8.62. The van der Waals surface area contributed by atoms with E-state index in [4.69, 9.17) is 16.3 Å². The lowest BCUT2D eigenvalue weighted by molar-refractivity contribution is -0.138. The Labute approximate surface area is 223 Å². The number of fused-ring (bicyclic) bond motifs is 2. The Morgan fingerprint density at radius 1 is 1.05 bits per heavy atom. The molecule has 1 N–H and O–H groups in total. The average molecular weight is 527 g/mol. The number of aromatic amines is 1. The Kier molecular flexibility index (Phi) is 8.38. The number of hydrogen-bond donors (Lipinski definition) is 1. The molecule has 1 aromatic heterocycles. The van der Waals surface area contributed by atoms with Crippen molar-refractivity contribution in [3.8, 4) is 5.75 Å². The molecular weight excluding hydrogens is 488 g/mol. The first-order valence-electron chi connectivity index (χ1n) is 14.1. The zero-order valence-corrected chi connectivity index (χ0v) is 22.5. The standard InChI is InChI=1S/C29H39ClN4O3/c1-20-28(36)32-29-31-26-18-23(17-25(30)24(26)19-33(20)29)37-16-10-4-9-15-27(35)34(21-11-5-2-6-12-21)22-13-7-3-8-14-22/h17-18,21-22H,1-16,19H2,(H,31,32,36). The van der Waals surface area contributed by atoms with Crippen LogP contribution in [0.2, 0.25) is 5.02 Å². The van der Waals surface area contributed by atoms with E-state index in [1.54, 1.807) is 4.57 Å². The van der Waals surface area contributed by atoms with Gasteiger partial charge in [-0.15, -0.1) is 0 Å². The molecule has 1 aromatic carbocycles. The molecule has 2 saturated carbocycles. The lowest BCUT2D eigenvalue weighted by Crippen LogP contribution is -2.48. The number of H-pyrrole nitrogens is 1. The van der Waals surface area contributed by atoms with Crippen LogP contribution >= 0.6 is 11.6 Å². The van der Waals surface area contributed by atoms with Crippen molar-refractivity contribution < 1.29 is 9.53 Å². The zero-order valence-electron chi connectivity index (χ0n) is 21.8. The zero-order chi connectivity index (χ0) is 25.8. The molecule has 0 radical (unpaired) electrons. The normalized spacial score (nSPS) is 18.1. The summed E-state index contributed by atoms with van der Waals surface area (Å²) in [6.07, 6.45) is 15.8. The lowest BCUT2D eigenvalue weighted by atomic mass is 9.88. The van der Waals surface area contributed by atoms with Crippen molar-refractivity contribution in [3.05, 3.63) is 44.0 Å². The molecule has 1 amide bonds. The largest absolute Gasteiger partial charge is 0.493 e. The number of nitrogens with zero attached hydrogens (tertiary/aromatic N) is 3. The molecule has 7 nitrogen and oxygen atoms in total. The SMILES string of the molecule is C=c1c(=O)[nH]c2n1Cc1c(Cl)cc(OCCCCCC(=O)N(C3CCCCC3)C3CCCCC3)cc1N=2. The topological polar surface area (TPSA) is 79.7 Å². The van der Waals surface area contributed by atoms with Crippen molar-refractivity contribution in [3.63, 3.8) is 0 Å². The number of nitrogens with one attached hydrogen (secondary N) is 1.